The SMILES string of the molecule is CCCn1c(=O)[nH]c(=O)n(-c2ccc(S(=O)c3ccc([N+](=O)[O-])cc3)cc2)c1=O. The minimum atomic E-state index is -1.61. The molecular formula is C18H16N4O6S. The van der Waals surface area contributed by atoms with Crippen molar-refractivity contribution in [3.05, 3.63) is 90.1 Å². The number of hydrogen-bond acceptors (Lipinski definition) is 6. The van der Waals surface area contributed by atoms with Crippen LogP contribution in [-0.4, -0.2) is 23.3 Å². The van der Waals surface area contributed by atoms with Crippen LogP contribution in [0.5, 0.6) is 0 Å². The molecule has 0 spiro atoms. The van der Waals surface area contributed by atoms with Gasteiger partial charge in [0.1, 0.15) is 0 Å². The Morgan fingerprint density at radius 1 is 0.966 bits per heavy atom. The van der Waals surface area contributed by atoms with Crippen molar-refractivity contribution in [2.75, 3.05) is 0 Å². The van der Waals surface area contributed by atoms with Crippen LogP contribution in [-0.2, 0) is 17.3 Å². The third kappa shape index (κ3) is 3.99. The number of rotatable bonds is 6. The smallest absolute Gasteiger partial charge is 0.258 e. The number of non-ortho nitro benzene ring substituents is 1. The quantitative estimate of drug-likeness (QED) is 0.473. The molecule has 2 aromatic carbocycles. The second-order valence-corrected chi connectivity index (χ2v) is 7.50. The first-order valence-electron chi connectivity index (χ1n) is 8.56. The fourth-order valence-corrected chi connectivity index (χ4v) is 3.74. The third-order valence-electron chi connectivity index (χ3n) is 4.10. The first kappa shape index (κ1) is 20.1. The Morgan fingerprint density at radius 3 is 2.03 bits per heavy atom. The number of nitro groups is 1. The lowest BCUT2D eigenvalue weighted by Gasteiger charge is -2.09. The molecule has 0 saturated carbocycles. The van der Waals surface area contributed by atoms with E-state index in [0.717, 1.165) is 9.13 Å². The normalized spacial score (nSPS) is 11.9. The lowest BCUT2D eigenvalue weighted by Crippen LogP contribution is -2.48. The summed E-state index contributed by atoms with van der Waals surface area (Å²) in [6, 6.07) is 11.2. The van der Waals surface area contributed by atoms with Crippen molar-refractivity contribution in [1.29, 1.82) is 0 Å². The van der Waals surface area contributed by atoms with Gasteiger partial charge in [-0.3, -0.25) is 15.1 Å². The van der Waals surface area contributed by atoms with E-state index in [0.29, 0.717) is 16.2 Å². The molecule has 1 unspecified atom stereocenters. The van der Waals surface area contributed by atoms with Crippen LogP contribution in [0, 0.1) is 10.1 Å². The highest BCUT2D eigenvalue weighted by Crippen LogP contribution is 2.20. The predicted octanol–water partition coefficient (Wildman–Crippen LogP) is 1.17. The summed E-state index contributed by atoms with van der Waals surface area (Å²) in [5, 5.41) is 10.7. The fraction of sp³-hybridized carbons (Fsp3) is 0.167. The lowest BCUT2D eigenvalue weighted by atomic mass is 10.3. The molecule has 0 amide bonds. The molecule has 1 aromatic heterocycles. The van der Waals surface area contributed by atoms with Gasteiger partial charge in [0.25, 0.3) is 5.69 Å². The maximum Gasteiger partial charge on any atom is 0.340 e. The van der Waals surface area contributed by atoms with Gasteiger partial charge in [-0.25, -0.2) is 27.7 Å². The molecule has 1 heterocycles. The summed E-state index contributed by atoms with van der Waals surface area (Å²) < 4.78 is 14.4. The molecule has 1 atom stereocenters. The van der Waals surface area contributed by atoms with E-state index >= 15 is 0 Å². The van der Waals surface area contributed by atoms with Gasteiger partial charge in [0.2, 0.25) is 0 Å². The average Bonchev–Trinajstić information content (AvgIpc) is 2.71. The van der Waals surface area contributed by atoms with Crippen LogP contribution in [0.15, 0.2) is 72.7 Å². The summed E-state index contributed by atoms with van der Waals surface area (Å²) in [6.07, 6.45) is 0.536. The van der Waals surface area contributed by atoms with E-state index in [1.807, 2.05) is 0 Å². The van der Waals surface area contributed by atoms with Crippen molar-refractivity contribution in [2.24, 2.45) is 0 Å². The van der Waals surface area contributed by atoms with Crippen molar-refractivity contribution >= 4 is 16.5 Å². The first-order valence-corrected chi connectivity index (χ1v) is 9.71. The highest BCUT2D eigenvalue weighted by Gasteiger charge is 2.13. The number of nitrogens with zero attached hydrogens (tertiary/aromatic N) is 3. The van der Waals surface area contributed by atoms with Gasteiger partial charge in [-0.2, -0.15) is 0 Å². The Morgan fingerprint density at radius 2 is 1.52 bits per heavy atom. The van der Waals surface area contributed by atoms with Crippen molar-refractivity contribution in [1.82, 2.24) is 14.1 Å². The van der Waals surface area contributed by atoms with Gasteiger partial charge in [-0.05, 0) is 42.8 Å². The van der Waals surface area contributed by atoms with Gasteiger partial charge in [0.05, 0.1) is 21.4 Å². The zero-order chi connectivity index (χ0) is 21.1. The summed E-state index contributed by atoms with van der Waals surface area (Å²) in [5.41, 5.74) is -2.29. The van der Waals surface area contributed by atoms with E-state index in [9.17, 15) is 28.7 Å². The molecule has 0 fully saturated rings. The molecule has 11 heteroatoms. The van der Waals surface area contributed by atoms with Gasteiger partial charge in [0, 0.05) is 28.5 Å². The summed E-state index contributed by atoms with van der Waals surface area (Å²) in [7, 11) is -1.61. The average molecular weight is 416 g/mol. The summed E-state index contributed by atoms with van der Waals surface area (Å²) >= 11 is 0. The molecule has 10 nitrogen and oxygen atoms in total. The Labute approximate surface area is 165 Å². The molecule has 0 bridgehead atoms. The van der Waals surface area contributed by atoms with Gasteiger partial charge in [0.15, 0.2) is 0 Å². The monoisotopic (exact) mass is 416 g/mol. The zero-order valence-corrected chi connectivity index (χ0v) is 16.0. The number of aromatic nitrogens is 3. The molecule has 0 radical (unpaired) electrons. The van der Waals surface area contributed by atoms with Crippen LogP contribution in [0.1, 0.15) is 13.3 Å². The second-order valence-electron chi connectivity index (χ2n) is 6.02. The fourth-order valence-electron chi connectivity index (χ4n) is 2.70. The highest BCUT2D eigenvalue weighted by atomic mass is 32.2. The molecule has 29 heavy (non-hydrogen) atoms. The van der Waals surface area contributed by atoms with Gasteiger partial charge in [-0.15, -0.1) is 0 Å². The molecule has 0 aliphatic rings. The minimum absolute atomic E-state index is 0.109. The molecule has 1 N–H and O–H groups in total. The van der Waals surface area contributed by atoms with Crippen LogP contribution in [0.25, 0.3) is 5.69 Å². The van der Waals surface area contributed by atoms with E-state index in [4.69, 9.17) is 0 Å². The number of nitro benzene ring substituents is 1. The predicted molar refractivity (Wildman–Crippen MR) is 105 cm³/mol. The first-order chi connectivity index (χ1) is 13.8. The summed E-state index contributed by atoms with van der Waals surface area (Å²) in [4.78, 5) is 49.5. The zero-order valence-electron chi connectivity index (χ0n) is 15.2. The van der Waals surface area contributed by atoms with Gasteiger partial charge in [-0.1, -0.05) is 6.92 Å². The Kier molecular flexibility index (Phi) is 5.69. The lowest BCUT2D eigenvalue weighted by molar-refractivity contribution is -0.384. The maximum atomic E-state index is 12.7. The van der Waals surface area contributed by atoms with E-state index in [1.54, 1.807) is 6.92 Å². The molecule has 0 aliphatic carbocycles. The minimum Gasteiger partial charge on any atom is -0.258 e. The highest BCUT2D eigenvalue weighted by molar-refractivity contribution is 7.85. The van der Waals surface area contributed by atoms with Crippen molar-refractivity contribution < 1.29 is 9.13 Å². The summed E-state index contributed by atoms with van der Waals surface area (Å²) in [6.45, 7) is 1.96. The van der Waals surface area contributed by atoms with Gasteiger partial charge >= 0.3 is 17.1 Å². The standard InChI is InChI=1S/C18H16N4O6S/c1-2-11-20-16(23)19-17(24)21(18(20)25)12-3-7-14(8-4-12)29(28)15-9-5-13(6-10-15)22(26)27/h3-10H,2,11H2,1H3,(H,19,23,24). The van der Waals surface area contributed by atoms with Crippen LogP contribution in [0.3, 0.4) is 0 Å². The number of nitrogens with one attached hydrogen (secondary N) is 1. The third-order valence-corrected chi connectivity index (χ3v) is 5.50. The Bertz CT molecular complexity index is 1260. The topological polar surface area (TPSA) is 137 Å². The number of aromatic amines is 1. The van der Waals surface area contributed by atoms with Crippen LogP contribution >= 0.6 is 0 Å². The Balaban J connectivity index is 1.97. The number of hydrogen-bond donors (Lipinski definition) is 1. The molecule has 0 aliphatic heterocycles. The maximum absolute atomic E-state index is 12.7. The van der Waals surface area contributed by atoms with E-state index < -0.39 is 32.8 Å². The number of H-pyrrole nitrogens is 1. The molecule has 0 saturated heterocycles. The van der Waals surface area contributed by atoms with Crippen LogP contribution in [0.4, 0.5) is 5.69 Å². The molecule has 150 valence electrons. The van der Waals surface area contributed by atoms with E-state index in [1.165, 1.54) is 48.5 Å². The van der Waals surface area contributed by atoms with Crippen LogP contribution < -0.4 is 17.1 Å². The molecule has 3 rings (SSSR count). The largest absolute Gasteiger partial charge is 0.340 e. The van der Waals surface area contributed by atoms with Crippen LogP contribution in [0.2, 0.25) is 0 Å². The van der Waals surface area contributed by atoms with Crippen molar-refractivity contribution in [2.45, 2.75) is 29.7 Å². The van der Waals surface area contributed by atoms with Gasteiger partial charge < -0.3 is 0 Å². The number of benzene rings is 2. The van der Waals surface area contributed by atoms with E-state index in [2.05, 4.69) is 4.98 Å². The van der Waals surface area contributed by atoms with Crippen molar-refractivity contribution in [3.8, 4) is 5.69 Å². The van der Waals surface area contributed by atoms with Crippen molar-refractivity contribution in [3.63, 3.8) is 0 Å². The summed E-state index contributed by atoms with van der Waals surface area (Å²) in [5.74, 6) is 0. The molecule has 3 aromatic rings. The Hall–Kier alpha value is -3.60. The second kappa shape index (κ2) is 8.19. The van der Waals surface area contributed by atoms with E-state index in [-0.39, 0.29) is 17.9 Å². The molecular weight excluding hydrogens is 400 g/mol.